The number of para-hydroxylation sites is 8. The maximum absolute atomic E-state index is 6.62. The zero-order valence-corrected chi connectivity index (χ0v) is 68.4. The van der Waals surface area contributed by atoms with E-state index in [1.165, 1.54) is 0 Å². The van der Waals surface area contributed by atoms with Crippen LogP contribution >= 0.6 is 11.6 Å². The van der Waals surface area contributed by atoms with Crippen molar-refractivity contribution in [2.24, 2.45) is 0 Å². The standard InChI is InChI=1S/C51H30N4O2.C30H25BO4.C27H17ClN4/c1-3-13-31(14-4-1)49-52-50(54-51(53-49)41-21-12-23-43-47(41)40-18-7-9-22-42(40)55(43)34-15-5-2-6-16-34)33-26-28-38-37-27-25-32(29-45(37)56-46(38)30-33)35-19-11-20-39-36-17-8-10-24-44(36)57-48(35)39;1-29(2)30(3,4)35-31(34-29)19-13-15-23-22-14-12-18(16-26(22)32-27(23)17-19)20-9-7-10-24-21-8-5-6-11-25(21)33-28(20)24;28-27-30-25(18-10-3-1-4-11-18)29-26(31-27)21-15-9-17-23-24(21)20-14-7-8-16-22(20)32(23)19-12-5-2-6-13-19/h1-30H;5-17H,1-4H3;1-17H. The van der Waals surface area contributed by atoms with Gasteiger partial charge in [0.15, 0.2) is 29.1 Å². The van der Waals surface area contributed by atoms with E-state index >= 15 is 0 Å². The molecule has 0 spiro atoms. The molecule has 24 aromatic rings. The van der Waals surface area contributed by atoms with Gasteiger partial charge in [0.05, 0.1) is 33.3 Å². The Bertz CT molecular complexity index is 8350. The quantitative estimate of drug-likeness (QED) is 0.120. The summed E-state index contributed by atoms with van der Waals surface area (Å²) >= 11 is 6.35. The molecule has 16 heteroatoms. The second-order valence-corrected chi connectivity index (χ2v) is 32.6. The predicted octanol–water partition coefficient (Wildman–Crippen LogP) is 27.8. The van der Waals surface area contributed by atoms with Gasteiger partial charge in [-0.15, -0.1) is 0 Å². The SMILES string of the molecule is CC1(C)OB(c2ccc3c(c2)oc2cc(-c4cccc5c4oc4ccccc45)ccc23)OC1(C)C.Clc1nc(-c2ccccc2)nc(-c2cccc3c2c2ccccc2n3-c2ccccc2)n1.c1ccc(-c2nc(-c3ccc4c(c3)oc3cc(-c5cccc6c5oc5ccccc56)ccc34)nc(-c3cccc4c3c3ccccc3n4-c3ccccc3)n2)cc1. The van der Waals surface area contributed by atoms with Crippen molar-refractivity contribution in [2.45, 2.75) is 38.9 Å². The van der Waals surface area contributed by atoms with Crippen molar-refractivity contribution in [3.8, 4) is 90.6 Å². The Hall–Kier alpha value is -15.4. The van der Waals surface area contributed by atoms with E-state index < -0.39 is 7.12 Å². The summed E-state index contributed by atoms with van der Waals surface area (Å²) in [6.07, 6.45) is 0. The maximum atomic E-state index is 6.62. The van der Waals surface area contributed by atoms with Crippen molar-refractivity contribution >= 4 is 156 Å². The highest BCUT2D eigenvalue weighted by Crippen LogP contribution is 2.46. The summed E-state index contributed by atoms with van der Waals surface area (Å²) in [6.45, 7) is 8.27. The molecular formula is C108H72BClN8O6. The molecule has 8 aromatic heterocycles. The van der Waals surface area contributed by atoms with Crippen LogP contribution in [0.5, 0.6) is 0 Å². The van der Waals surface area contributed by atoms with Crippen molar-refractivity contribution in [1.82, 2.24) is 39.0 Å². The van der Waals surface area contributed by atoms with Gasteiger partial charge in [0.25, 0.3) is 0 Å². The molecule has 1 fully saturated rings. The number of hydrogen-bond donors (Lipinski definition) is 0. The fourth-order valence-corrected chi connectivity index (χ4v) is 17.9. The first kappa shape index (κ1) is 73.7. The molecule has 0 bridgehead atoms. The summed E-state index contributed by atoms with van der Waals surface area (Å²) in [4.78, 5) is 29.1. The predicted molar refractivity (Wildman–Crippen MR) is 503 cm³/mol. The van der Waals surface area contributed by atoms with Crippen molar-refractivity contribution in [3.05, 3.63) is 369 Å². The Morgan fingerprint density at radius 2 is 0.581 bits per heavy atom. The van der Waals surface area contributed by atoms with Gasteiger partial charge in [-0.3, -0.25) is 0 Å². The van der Waals surface area contributed by atoms with Gasteiger partial charge >= 0.3 is 7.12 Å². The summed E-state index contributed by atoms with van der Waals surface area (Å²) < 4.78 is 42.7. The molecule has 0 aliphatic carbocycles. The Kier molecular flexibility index (Phi) is 17.5. The van der Waals surface area contributed by atoms with E-state index in [1.807, 2.05) is 133 Å². The largest absolute Gasteiger partial charge is 0.494 e. The third-order valence-electron chi connectivity index (χ3n) is 24.4. The first-order valence-corrected chi connectivity index (χ1v) is 41.8. The van der Waals surface area contributed by atoms with E-state index in [0.29, 0.717) is 29.1 Å². The molecule has 0 radical (unpaired) electrons. The van der Waals surface area contributed by atoms with E-state index in [4.69, 9.17) is 58.5 Å². The molecule has 590 valence electrons. The zero-order valence-electron chi connectivity index (χ0n) is 67.6. The topological polar surface area (TPSA) is 158 Å². The Morgan fingerprint density at radius 3 is 1.06 bits per heavy atom. The van der Waals surface area contributed by atoms with Crippen LogP contribution in [0.3, 0.4) is 0 Å². The summed E-state index contributed by atoms with van der Waals surface area (Å²) in [7, 11) is -0.418. The van der Waals surface area contributed by atoms with Crippen molar-refractivity contribution in [3.63, 3.8) is 0 Å². The van der Waals surface area contributed by atoms with E-state index in [2.05, 4.69) is 277 Å². The number of fused-ring (bicyclic) bond motifs is 18. The summed E-state index contributed by atoms with van der Waals surface area (Å²) in [5.41, 5.74) is 22.3. The molecule has 0 N–H and O–H groups in total. The number of nitrogens with zero attached hydrogens (tertiary/aromatic N) is 8. The Labute approximate surface area is 715 Å². The average molecular weight is 1620 g/mol. The third-order valence-corrected chi connectivity index (χ3v) is 24.6. The van der Waals surface area contributed by atoms with Crippen molar-refractivity contribution in [1.29, 1.82) is 0 Å². The van der Waals surface area contributed by atoms with E-state index in [9.17, 15) is 0 Å². The molecule has 124 heavy (non-hydrogen) atoms. The number of hydrogen-bond acceptors (Lipinski definition) is 12. The zero-order chi connectivity index (χ0) is 82.9. The Balaban J connectivity index is 0.000000114. The van der Waals surface area contributed by atoms with Crippen LogP contribution in [0.2, 0.25) is 5.28 Å². The van der Waals surface area contributed by atoms with E-state index in [1.54, 1.807) is 0 Å². The molecule has 16 aromatic carbocycles. The second-order valence-electron chi connectivity index (χ2n) is 32.3. The van der Waals surface area contributed by atoms with Gasteiger partial charge in [0.1, 0.15) is 44.7 Å². The van der Waals surface area contributed by atoms with Crippen LogP contribution in [0, 0.1) is 0 Å². The first-order valence-electron chi connectivity index (χ1n) is 41.4. The maximum Gasteiger partial charge on any atom is 0.494 e. The highest BCUT2D eigenvalue weighted by molar-refractivity contribution is 6.62. The summed E-state index contributed by atoms with van der Waals surface area (Å²) in [5.74, 6) is 2.90. The molecule has 0 unspecified atom stereocenters. The smallest absolute Gasteiger partial charge is 0.456 e. The number of halogens is 1. The third kappa shape index (κ3) is 12.6. The van der Waals surface area contributed by atoms with Gasteiger partial charge in [-0.1, -0.05) is 261 Å². The number of aromatic nitrogens is 8. The molecule has 0 amide bonds. The monoisotopic (exact) mass is 1620 g/mol. The van der Waals surface area contributed by atoms with Crippen molar-refractivity contribution in [2.75, 3.05) is 0 Å². The summed E-state index contributed by atoms with van der Waals surface area (Å²) in [6, 6.07) is 124. The molecule has 0 saturated carbocycles. The molecule has 25 rings (SSSR count). The van der Waals surface area contributed by atoms with Gasteiger partial charge in [-0.25, -0.2) is 19.9 Å². The van der Waals surface area contributed by atoms with E-state index in [-0.39, 0.29) is 16.5 Å². The minimum Gasteiger partial charge on any atom is -0.456 e. The Morgan fingerprint density at radius 1 is 0.250 bits per heavy atom. The minimum atomic E-state index is -0.418. The highest BCUT2D eigenvalue weighted by Gasteiger charge is 2.52. The van der Waals surface area contributed by atoms with Gasteiger partial charge in [0.2, 0.25) is 5.28 Å². The number of rotatable bonds is 10. The minimum absolute atomic E-state index is 0.178. The lowest BCUT2D eigenvalue weighted by molar-refractivity contribution is 0.00578. The van der Waals surface area contributed by atoms with E-state index in [0.717, 1.165) is 198 Å². The van der Waals surface area contributed by atoms with Crippen molar-refractivity contribution < 1.29 is 27.0 Å². The van der Waals surface area contributed by atoms with Gasteiger partial charge in [-0.2, -0.15) is 9.97 Å². The van der Waals surface area contributed by atoms with Gasteiger partial charge < -0.3 is 36.1 Å². The molecule has 0 atom stereocenters. The van der Waals surface area contributed by atoms with Gasteiger partial charge in [-0.05, 0) is 159 Å². The molecule has 1 saturated heterocycles. The fraction of sp³-hybridized carbons (Fsp3) is 0.0556. The molecule has 1 aliphatic heterocycles. The van der Waals surface area contributed by atoms with Crippen LogP contribution in [0.1, 0.15) is 27.7 Å². The van der Waals surface area contributed by atoms with Gasteiger partial charge in [0, 0.05) is 115 Å². The van der Waals surface area contributed by atoms with Crippen LogP contribution in [0.15, 0.2) is 382 Å². The molecule has 14 nitrogen and oxygen atoms in total. The fourth-order valence-electron chi connectivity index (χ4n) is 17.8. The number of furan rings is 4. The van der Waals surface area contributed by atoms with Crippen LogP contribution in [0.4, 0.5) is 0 Å². The van der Waals surface area contributed by atoms with Crippen LogP contribution in [-0.2, 0) is 9.31 Å². The highest BCUT2D eigenvalue weighted by atomic mass is 35.5. The molecular weight excluding hydrogens is 1550 g/mol. The first-order chi connectivity index (χ1) is 60.8. The van der Waals surface area contributed by atoms with Crippen LogP contribution < -0.4 is 5.46 Å². The lowest BCUT2D eigenvalue weighted by Crippen LogP contribution is -2.41. The average Bonchev–Trinajstić information content (AvgIpc) is 1.58. The number of benzene rings is 16. The second kappa shape index (κ2) is 29.5. The lowest BCUT2D eigenvalue weighted by atomic mass is 9.79. The lowest BCUT2D eigenvalue weighted by Gasteiger charge is -2.32. The van der Waals surface area contributed by atoms with Crippen LogP contribution in [-0.4, -0.2) is 57.4 Å². The summed E-state index contributed by atoms with van der Waals surface area (Å²) in [5, 5.41) is 13.3. The molecule has 9 heterocycles. The normalized spacial score (nSPS) is 13.2. The van der Waals surface area contributed by atoms with Crippen LogP contribution in [0.25, 0.3) is 222 Å². The molecule has 1 aliphatic rings.